The van der Waals surface area contributed by atoms with Crippen molar-refractivity contribution in [1.29, 1.82) is 0 Å². The molecule has 5 atom stereocenters. The van der Waals surface area contributed by atoms with E-state index in [2.05, 4.69) is 17.7 Å². The number of aliphatic hydroxyl groups is 2. The highest BCUT2D eigenvalue weighted by molar-refractivity contribution is 5.69. The van der Waals surface area contributed by atoms with E-state index in [9.17, 15) is 15.0 Å². The van der Waals surface area contributed by atoms with E-state index in [4.69, 9.17) is 4.74 Å². The zero-order valence-electron chi connectivity index (χ0n) is 18.5. The van der Waals surface area contributed by atoms with Gasteiger partial charge in [0.25, 0.3) is 0 Å². The molecule has 0 radical (unpaired) electrons. The normalized spacial score (nSPS) is 26.0. The van der Waals surface area contributed by atoms with Crippen molar-refractivity contribution in [1.82, 2.24) is 0 Å². The Morgan fingerprint density at radius 2 is 2.07 bits per heavy atom. The highest BCUT2D eigenvalue weighted by Crippen LogP contribution is 2.48. The molecule has 0 unspecified atom stereocenters. The molecule has 2 aliphatic rings. The van der Waals surface area contributed by atoms with Gasteiger partial charge in [0, 0.05) is 0 Å². The number of fused-ring (bicyclic) bond motifs is 2. The summed E-state index contributed by atoms with van der Waals surface area (Å²) in [6, 6.07) is 6.16. The summed E-state index contributed by atoms with van der Waals surface area (Å²) >= 11 is 0. The van der Waals surface area contributed by atoms with E-state index >= 15 is 0 Å². The Bertz CT molecular complexity index is 688. The van der Waals surface area contributed by atoms with Gasteiger partial charge in [0.2, 0.25) is 0 Å². The summed E-state index contributed by atoms with van der Waals surface area (Å²) in [5.41, 5.74) is 2.53. The smallest absolute Gasteiger partial charge is 0.308 e. The third-order valence-electron chi connectivity index (χ3n) is 7.11. The average molecular weight is 419 g/mol. The van der Waals surface area contributed by atoms with Gasteiger partial charge in [-0.05, 0) is 73.5 Å². The molecule has 2 N–H and O–H groups in total. The van der Waals surface area contributed by atoms with Crippen LogP contribution in [-0.2, 0) is 22.4 Å². The first-order valence-corrected chi connectivity index (χ1v) is 11.7. The molecular weight excluding hydrogens is 380 g/mol. The number of unbranched alkanes of at least 4 members (excludes halogenated alkanes) is 2. The molecule has 0 saturated heterocycles. The Morgan fingerprint density at radius 1 is 1.23 bits per heavy atom. The first-order chi connectivity index (χ1) is 14.5. The predicted molar refractivity (Wildman–Crippen MR) is 116 cm³/mol. The van der Waals surface area contributed by atoms with Crippen molar-refractivity contribution in [2.45, 2.75) is 83.3 Å². The Kier molecular flexibility index (Phi) is 8.58. The number of carbonyl (C=O) groups excluding carboxylic acids is 1. The van der Waals surface area contributed by atoms with Crippen molar-refractivity contribution in [2.24, 2.45) is 17.8 Å². The van der Waals surface area contributed by atoms with Crippen LogP contribution in [-0.4, -0.2) is 42.1 Å². The van der Waals surface area contributed by atoms with Gasteiger partial charge in [0.05, 0.1) is 32.3 Å². The summed E-state index contributed by atoms with van der Waals surface area (Å²) in [6.07, 6.45) is 8.43. The molecule has 1 fully saturated rings. The molecule has 5 nitrogen and oxygen atoms in total. The maximum absolute atomic E-state index is 11.3. The molecule has 1 aromatic carbocycles. The van der Waals surface area contributed by atoms with E-state index in [0.717, 1.165) is 50.7 Å². The van der Waals surface area contributed by atoms with Gasteiger partial charge in [-0.1, -0.05) is 38.3 Å². The lowest BCUT2D eigenvalue weighted by Gasteiger charge is -2.32. The molecule has 0 aromatic heterocycles. The number of methoxy groups -OCH3 is 1. The second-order valence-corrected chi connectivity index (χ2v) is 9.09. The minimum atomic E-state index is -0.277. The molecule has 0 bridgehead atoms. The third-order valence-corrected chi connectivity index (χ3v) is 7.11. The van der Waals surface area contributed by atoms with E-state index in [-0.39, 0.29) is 30.5 Å². The van der Waals surface area contributed by atoms with Gasteiger partial charge < -0.3 is 19.7 Å². The first kappa shape index (κ1) is 23.1. The van der Waals surface area contributed by atoms with Crippen molar-refractivity contribution < 1.29 is 24.5 Å². The molecule has 3 rings (SSSR count). The largest absolute Gasteiger partial charge is 0.493 e. The number of esters is 1. The van der Waals surface area contributed by atoms with Crippen LogP contribution < -0.4 is 4.74 Å². The maximum atomic E-state index is 11.3. The minimum absolute atomic E-state index is 0.242. The molecule has 30 heavy (non-hydrogen) atoms. The third kappa shape index (κ3) is 5.76. The molecule has 0 heterocycles. The highest BCUT2D eigenvalue weighted by Gasteiger charge is 2.44. The quantitative estimate of drug-likeness (QED) is 0.419. The fraction of sp³-hybridized carbons (Fsp3) is 0.720. The fourth-order valence-electron chi connectivity index (χ4n) is 5.44. The Labute approximate surface area is 180 Å². The van der Waals surface area contributed by atoms with Crippen LogP contribution in [0.3, 0.4) is 0 Å². The molecule has 2 aliphatic carbocycles. The van der Waals surface area contributed by atoms with Crippen LogP contribution >= 0.6 is 0 Å². The van der Waals surface area contributed by atoms with Crippen LogP contribution in [0.2, 0.25) is 0 Å². The number of carbonyl (C=O) groups is 1. The summed E-state index contributed by atoms with van der Waals surface area (Å²) in [4.78, 5) is 11.3. The van der Waals surface area contributed by atoms with E-state index in [1.807, 2.05) is 12.1 Å². The molecular formula is C25H38O5. The monoisotopic (exact) mass is 418 g/mol. The number of rotatable bonds is 11. The van der Waals surface area contributed by atoms with Crippen molar-refractivity contribution in [3.05, 3.63) is 29.3 Å². The molecule has 1 aromatic rings. The molecule has 0 aliphatic heterocycles. The second kappa shape index (κ2) is 11.1. The number of hydrogen-bond acceptors (Lipinski definition) is 5. The molecule has 1 saturated carbocycles. The van der Waals surface area contributed by atoms with Crippen molar-refractivity contribution in [2.75, 3.05) is 13.7 Å². The van der Waals surface area contributed by atoms with Crippen LogP contribution in [0.15, 0.2) is 18.2 Å². The number of ether oxygens (including phenoxy) is 2. The lowest BCUT2D eigenvalue weighted by atomic mass is 9.73. The van der Waals surface area contributed by atoms with E-state index in [1.54, 1.807) is 0 Å². The predicted octanol–water partition coefficient (Wildman–Crippen LogP) is 4.06. The van der Waals surface area contributed by atoms with E-state index in [1.165, 1.54) is 31.1 Å². The minimum Gasteiger partial charge on any atom is -0.493 e. The van der Waals surface area contributed by atoms with E-state index in [0.29, 0.717) is 18.4 Å². The Balaban J connectivity index is 1.59. The number of hydrogen-bond donors (Lipinski definition) is 2. The number of aliphatic hydroxyl groups excluding tert-OH is 2. The van der Waals surface area contributed by atoms with Crippen LogP contribution in [0.4, 0.5) is 0 Å². The van der Waals surface area contributed by atoms with Gasteiger partial charge >= 0.3 is 5.97 Å². The van der Waals surface area contributed by atoms with Gasteiger partial charge in [-0.2, -0.15) is 0 Å². The van der Waals surface area contributed by atoms with Crippen LogP contribution in [0.5, 0.6) is 5.75 Å². The van der Waals surface area contributed by atoms with E-state index < -0.39 is 0 Å². The molecule has 0 amide bonds. The van der Waals surface area contributed by atoms with Gasteiger partial charge in [-0.25, -0.2) is 0 Å². The van der Waals surface area contributed by atoms with Gasteiger partial charge in [-0.3, -0.25) is 4.79 Å². The first-order valence-electron chi connectivity index (χ1n) is 11.7. The summed E-state index contributed by atoms with van der Waals surface area (Å²) in [7, 11) is 1.39. The van der Waals surface area contributed by atoms with Gasteiger partial charge in [0.1, 0.15) is 5.75 Å². The SMILES string of the molecule is CCCCC[C@H](O)CC[C@@H]1[C@H]2Cc3cccc(OCCC(=O)OC)c3C[C@H]2C[C@H]1O. The Hall–Kier alpha value is -1.59. The summed E-state index contributed by atoms with van der Waals surface area (Å²) in [6.45, 7) is 2.50. The van der Waals surface area contributed by atoms with Crippen LogP contribution in [0.1, 0.15) is 69.4 Å². The van der Waals surface area contributed by atoms with Crippen molar-refractivity contribution in [3.63, 3.8) is 0 Å². The second-order valence-electron chi connectivity index (χ2n) is 9.09. The standard InChI is InChI=1S/C25H38O5/c1-3-4-5-8-19(26)10-11-20-21-14-17-7-6-9-24(30-13-12-25(28)29-2)22(17)15-18(21)16-23(20)27/h6-7,9,18-21,23,26-27H,3-5,8,10-16H2,1-2H3/t18-,19-,20+,21-,23+/m0/s1. The molecule has 5 heteroatoms. The average Bonchev–Trinajstić information content (AvgIpc) is 3.04. The zero-order valence-corrected chi connectivity index (χ0v) is 18.5. The van der Waals surface area contributed by atoms with Crippen molar-refractivity contribution in [3.8, 4) is 5.75 Å². The highest BCUT2D eigenvalue weighted by atomic mass is 16.5. The van der Waals surface area contributed by atoms with Gasteiger partial charge in [-0.15, -0.1) is 0 Å². The zero-order chi connectivity index (χ0) is 21.5. The maximum Gasteiger partial charge on any atom is 0.308 e. The Morgan fingerprint density at radius 3 is 2.83 bits per heavy atom. The number of benzene rings is 1. The van der Waals surface area contributed by atoms with Crippen LogP contribution in [0, 0.1) is 17.8 Å². The van der Waals surface area contributed by atoms with Crippen LogP contribution in [0.25, 0.3) is 0 Å². The van der Waals surface area contributed by atoms with Crippen molar-refractivity contribution >= 4 is 5.97 Å². The topological polar surface area (TPSA) is 76.0 Å². The lowest BCUT2D eigenvalue weighted by molar-refractivity contribution is -0.141. The lowest BCUT2D eigenvalue weighted by Crippen LogP contribution is -2.28. The fourth-order valence-corrected chi connectivity index (χ4v) is 5.44. The summed E-state index contributed by atoms with van der Waals surface area (Å²) in [5.74, 6) is 1.80. The summed E-state index contributed by atoms with van der Waals surface area (Å²) < 4.78 is 10.6. The van der Waals surface area contributed by atoms with Gasteiger partial charge in [0.15, 0.2) is 0 Å². The molecule has 168 valence electrons. The molecule has 0 spiro atoms. The summed E-state index contributed by atoms with van der Waals surface area (Å²) in [5, 5.41) is 21.1.